The summed E-state index contributed by atoms with van der Waals surface area (Å²) in [6, 6.07) is 5.90. The number of piperidine rings is 1. The van der Waals surface area contributed by atoms with Gasteiger partial charge in [-0.25, -0.2) is 4.98 Å². The Hall–Kier alpha value is -2.11. The molecule has 0 saturated carbocycles. The van der Waals surface area contributed by atoms with Crippen LogP contribution in [0.1, 0.15) is 19.8 Å². The van der Waals surface area contributed by atoms with Crippen LogP contribution in [0.25, 0.3) is 0 Å². The average molecular weight is 316 g/mol. The summed E-state index contributed by atoms with van der Waals surface area (Å²) in [6.45, 7) is 6.02. The molecule has 2 saturated heterocycles. The highest BCUT2D eigenvalue weighted by Crippen LogP contribution is 2.20. The molecule has 3 rings (SSSR count). The number of pyridine rings is 1. The Morgan fingerprint density at radius 2 is 1.87 bits per heavy atom. The molecule has 0 aromatic carbocycles. The molecule has 0 aliphatic carbocycles. The molecule has 6 heteroatoms. The van der Waals surface area contributed by atoms with Crippen LogP contribution in [-0.2, 0) is 9.59 Å². The molecule has 1 unspecified atom stereocenters. The molecule has 6 nitrogen and oxygen atoms in total. The van der Waals surface area contributed by atoms with E-state index in [4.69, 9.17) is 0 Å². The van der Waals surface area contributed by atoms with Gasteiger partial charge >= 0.3 is 0 Å². The largest absolute Gasteiger partial charge is 0.353 e. The van der Waals surface area contributed by atoms with Crippen molar-refractivity contribution in [1.82, 2.24) is 14.8 Å². The number of hydrogen-bond donors (Lipinski definition) is 0. The minimum Gasteiger partial charge on any atom is -0.353 e. The van der Waals surface area contributed by atoms with Crippen LogP contribution in [0.15, 0.2) is 24.4 Å². The molecule has 0 spiro atoms. The number of aromatic nitrogens is 1. The Bertz CT molecular complexity index is 555. The zero-order valence-electron chi connectivity index (χ0n) is 13.6. The van der Waals surface area contributed by atoms with Crippen LogP contribution in [0.4, 0.5) is 5.82 Å². The van der Waals surface area contributed by atoms with Gasteiger partial charge in [-0.2, -0.15) is 0 Å². The number of rotatable bonds is 2. The van der Waals surface area contributed by atoms with Crippen molar-refractivity contribution in [2.24, 2.45) is 5.92 Å². The molecular formula is C17H24N4O2. The number of likely N-dealkylation sites (tertiary alicyclic amines) is 1. The lowest BCUT2D eigenvalue weighted by molar-refractivity contribution is -0.140. The fraction of sp³-hybridized carbons (Fsp3) is 0.588. The third kappa shape index (κ3) is 3.63. The van der Waals surface area contributed by atoms with Crippen molar-refractivity contribution in [3.05, 3.63) is 24.4 Å². The molecule has 1 aromatic heterocycles. The molecule has 23 heavy (non-hydrogen) atoms. The van der Waals surface area contributed by atoms with Gasteiger partial charge in [0.05, 0.1) is 5.92 Å². The van der Waals surface area contributed by atoms with Crippen LogP contribution in [0.5, 0.6) is 0 Å². The maximum absolute atomic E-state index is 12.7. The van der Waals surface area contributed by atoms with Crippen molar-refractivity contribution in [2.45, 2.75) is 19.8 Å². The van der Waals surface area contributed by atoms with E-state index in [9.17, 15) is 9.59 Å². The van der Waals surface area contributed by atoms with E-state index in [0.717, 1.165) is 51.4 Å². The van der Waals surface area contributed by atoms with Crippen molar-refractivity contribution in [3.8, 4) is 0 Å². The van der Waals surface area contributed by atoms with Gasteiger partial charge in [-0.3, -0.25) is 9.59 Å². The van der Waals surface area contributed by atoms with Gasteiger partial charge in [-0.1, -0.05) is 6.07 Å². The van der Waals surface area contributed by atoms with Gasteiger partial charge in [0.1, 0.15) is 5.82 Å². The first-order chi connectivity index (χ1) is 11.1. The van der Waals surface area contributed by atoms with E-state index in [1.165, 1.54) is 0 Å². The summed E-state index contributed by atoms with van der Waals surface area (Å²) in [6.07, 6.45) is 3.61. The number of piperazine rings is 1. The highest BCUT2D eigenvalue weighted by Gasteiger charge is 2.31. The van der Waals surface area contributed by atoms with E-state index >= 15 is 0 Å². The SMILES string of the molecule is CC(=O)N1CCCC(C(=O)N2CCN(c3ccccn3)CC2)C1. The maximum Gasteiger partial charge on any atom is 0.227 e. The van der Waals surface area contributed by atoms with E-state index in [-0.39, 0.29) is 17.7 Å². The molecule has 2 amide bonds. The molecular weight excluding hydrogens is 292 g/mol. The van der Waals surface area contributed by atoms with Gasteiger partial charge in [0.2, 0.25) is 11.8 Å². The predicted octanol–water partition coefficient (Wildman–Crippen LogP) is 0.989. The predicted molar refractivity (Wildman–Crippen MR) is 88.0 cm³/mol. The van der Waals surface area contributed by atoms with Gasteiger partial charge in [0.15, 0.2) is 0 Å². The summed E-state index contributed by atoms with van der Waals surface area (Å²) >= 11 is 0. The molecule has 2 aliphatic heterocycles. The lowest BCUT2D eigenvalue weighted by atomic mass is 9.96. The number of carbonyl (C=O) groups is 2. The second-order valence-corrected chi connectivity index (χ2v) is 6.30. The first kappa shape index (κ1) is 15.8. The van der Waals surface area contributed by atoms with Crippen LogP contribution in [0.2, 0.25) is 0 Å². The number of amides is 2. The topological polar surface area (TPSA) is 56.8 Å². The summed E-state index contributed by atoms with van der Waals surface area (Å²) < 4.78 is 0. The Labute approximate surface area is 137 Å². The van der Waals surface area contributed by atoms with Crippen molar-refractivity contribution in [2.75, 3.05) is 44.2 Å². The molecule has 0 radical (unpaired) electrons. The summed E-state index contributed by atoms with van der Waals surface area (Å²) in [7, 11) is 0. The van der Waals surface area contributed by atoms with Gasteiger partial charge in [0, 0.05) is 52.4 Å². The third-order valence-electron chi connectivity index (χ3n) is 4.78. The molecule has 2 fully saturated rings. The minimum absolute atomic E-state index is 0.0333. The Morgan fingerprint density at radius 3 is 2.52 bits per heavy atom. The minimum atomic E-state index is -0.0333. The standard InChI is InChI=1S/C17H24N4O2/c1-14(22)21-8-4-5-15(13-21)17(23)20-11-9-19(10-12-20)16-6-2-3-7-18-16/h2-3,6-7,15H,4-5,8-13H2,1H3. The van der Waals surface area contributed by atoms with E-state index in [1.54, 1.807) is 18.0 Å². The van der Waals surface area contributed by atoms with Crippen LogP contribution in [0, 0.1) is 5.92 Å². The van der Waals surface area contributed by atoms with Crippen molar-refractivity contribution < 1.29 is 9.59 Å². The zero-order valence-corrected chi connectivity index (χ0v) is 13.6. The highest BCUT2D eigenvalue weighted by molar-refractivity contribution is 5.81. The van der Waals surface area contributed by atoms with Gasteiger partial charge in [-0.05, 0) is 25.0 Å². The fourth-order valence-corrected chi connectivity index (χ4v) is 3.42. The van der Waals surface area contributed by atoms with Crippen LogP contribution >= 0.6 is 0 Å². The molecule has 3 heterocycles. The quantitative estimate of drug-likeness (QED) is 0.816. The van der Waals surface area contributed by atoms with E-state index in [0.29, 0.717) is 6.54 Å². The molecule has 0 bridgehead atoms. The highest BCUT2D eigenvalue weighted by atomic mass is 16.2. The van der Waals surface area contributed by atoms with E-state index in [1.807, 2.05) is 23.1 Å². The summed E-state index contributed by atoms with van der Waals surface area (Å²) in [5.74, 6) is 1.22. The number of carbonyl (C=O) groups excluding carboxylic acids is 2. The summed E-state index contributed by atoms with van der Waals surface area (Å²) in [5.41, 5.74) is 0. The lowest BCUT2D eigenvalue weighted by Gasteiger charge is -2.39. The zero-order chi connectivity index (χ0) is 16.2. The number of hydrogen-bond acceptors (Lipinski definition) is 4. The Kier molecular flexibility index (Phi) is 4.79. The average Bonchev–Trinajstić information content (AvgIpc) is 2.62. The maximum atomic E-state index is 12.7. The van der Waals surface area contributed by atoms with Crippen molar-refractivity contribution >= 4 is 17.6 Å². The second kappa shape index (κ2) is 6.98. The van der Waals surface area contributed by atoms with E-state index in [2.05, 4.69) is 9.88 Å². The van der Waals surface area contributed by atoms with Crippen molar-refractivity contribution in [3.63, 3.8) is 0 Å². The lowest BCUT2D eigenvalue weighted by Crippen LogP contribution is -2.53. The molecule has 1 atom stereocenters. The van der Waals surface area contributed by atoms with Gasteiger partial charge in [0.25, 0.3) is 0 Å². The third-order valence-corrected chi connectivity index (χ3v) is 4.78. The first-order valence-electron chi connectivity index (χ1n) is 8.35. The smallest absolute Gasteiger partial charge is 0.227 e. The van der Waals surface area contributed by atoms with Gasteiger partial charge < -0.3 is 14.7 Å². The van der Waals surface area contributed by atoms with Crippen LogP contribution in [-0.4, -0.2) is 65.9 Å². The molecule has 2 aliphatic rings. The van der Waals surface area contributed by atoms with Crippen LogP contribution in [0.3, 0.4) is 0 Å². The molecule has 124 valence electrons. The van der Waals surface area contributed by atoms with Crippen LogP contribution < -0.4 is 4.90 Å². The normalized spacial score (nSPS) is 22.1. The Balaban J connectivity index is 1.55. The number of anilines is 1. The first-order valence-corrected chi connectivity index (χ1v) is 8.35. The second-order valence-electron chi connectivity index (χ2n) is 6.30. The molecule has 1 aromatic rings. The van der Waals surface area contributed by atoms with E-state index < -0.39 is 0 Å². The monoisotopic (exact) mass is 316 g/mol. The fourth-order valence-electron chi connectivity index (χ4n) is 3.42. The van der Waals surface area contributed by atoms with Gasteiger partial charge in [-0.15, -0.1) is 0 Å². The van der Waals surface area contributed by atoms with Crippen molar-refractivity contribution in [1.29, 1.82) is 0 Å². The Morgan fingerprint density at radius 1 is 1.09 bits per heavy atom. The summed E-state index contributed by atoms with van der Waals surface area (Å²) in [4.78, 5) is 34.6. The summed E-state index contributed by atoms with van der Waals surface area (Å²) in [5, 5.41) is 0. The molecule has 0 N–H and O–H groups in total. The number of nitrogens with zero attached hydrogens (tertiary/aromatic N) is 4.